The summed E-state index contributed by atoms with van der Waals surface area (Å²) in [6.07, 6.45) is 0. The van der Waals surface area contributed by atoms with E-state index in [4.69, 9.17) is 9.47 Å². The van der Waals surface area contributed by atoms with Crippen molar-refractivity contribution in [2.75, 3.05) is 27.2 Å². The van der Waals surface area contributed by atoms with Crippen molar-refractivity contribution in [1.29, 1.82) is 0 Å². The van der Waals surface area contributed by atoms with E-state index < -0.39 is 18.5 Å². The van der Waals surface area contributed by atoms with Crippen LogP contribution in [0.1, 0.15) is 15.9 Å². The highest BCUT2D eigenvalue weighted by Crippen LogP contribution is 2.20. The minimum Gasteiger partial charge on any atom is -0.488 e. The lowest BCUT2D eigenvalue weighted by Crippen LogP contribution is -2.39. The Morgan fingerprint density at radius 1 is 1.00 bits per heavy atom. The number of benzene rings is 2. The lowest BCUT2D eigenvalue weighted by atomic mass is 10.2. The Bertz CT molecular complexity index is 792. The number of carbonyl (C=O) groups is 3. The summed E-state index contributed by atoms with van der Waals surface area (Å²) >= 11 is 0. The van der Waals surface area contributed by atoms with Crippen molar-refractivity contribution in [1.82, 2.24) is 10.2 Å². The lowest BCUT2D eigenvalue weighted by Gasteiger charge is -2.16. The first-order valence-corrected chi connectivity index (χ1v) is 8.38. The van der Waals surface area contributed by atoms with E-state index in [2.05, 4.69) is 5.32 Å². The van der Waals surface area contributed by atoms with Gasteiger partial charge >= 0.3 is 5.97 Å². The Kier molecular flexibility index (Phi) is 7.37. The second-order valence-electron chi connectivity index (χ2n) is 5.77. The minimum absolute atomic E-state index is 0.107. The summed E-state index contributed by atoms with van der Waals surface area (Å²) in [7, 11) is 2.94. The van der Waals surface area contributed by atoms with Gasteiger partial charge < -0.3 is 19.7 Å². The average molecular weight is 370 g/mol. The Morgan fingerprint density at radius 2 is 1.67 bits per heavy atom. The lowest BCUT2D eigenvalue weighted by molar-refractivity contribution is -0.137. The minimum atomic E-state index is -0.666. The summed E-state index contributed by atoms with van der Waals surface area (Å²) in [5.74, 6) is -1.08. The summed E-state index contributed by atoms with van der Waals surface area (Å²) in [5.41, 5.74) is 1.20. The van der Waals surface area contributed by atoms with Crippen LogP contribution in [0.5, 0.6) is 5.75 Å². The normalized spacial score (nSPS) is 10.0. The first-order valence-electron chi connectivity index (χ1n) is 8.38. The molecule has 0 aliphatic carbocycles. The van der Waals surface area contributed by atoms with Crippen molar-refractivity contribution in [3.8, 4) is 5.75 Å². The molecule has 2 amide bonds. The third-order valence-corrected chi connectivity index (χ3v) is 3.76. The number of nitrogens with one attached hydrogen (secondary N) is 1. The summed E-state index contributed by atoms with van der Waals surface area (Å²) in [4.78, 5) is 36.8. The molecule has 142 valence electrons. The molecule has 7 nitrogen and oxygen atoms in total. The first kappa shape index (κ1) is 20.0. The standard InChI is InChI=1S/C20H22N2O5/c1-21-18(23)12-22(2)19(24)14-27-20(25)16-10-6-7-11-17(16)26-13-15-8-4-3-5-9-15/h3-11H,12-14H2,1-2H3,(H,21,23). The zero-order valence-corrected chi connectivity index (χ0v) is 15.3. The molecule has 0 spiro atoms. The molecule has 0 aliphatic heterocycles. The molecule has 1 N–H and O–H groups in total. The molecule has 0 heterocycles. The molecule has 0 unspecified atom stereocenters. The maximum absolute atomic E-state index is 12.3. The van der Waals surface area contributed by atoms with Crippen LogP contribution >= 0.6 is 0 Å². The fourth-order valence-electron chi connectivity index (χ4n) is 2.19. The summed E-state index contributed by atoms with van der Waals surface area (Å²) < 4.78 is 10.8. The van der Waals surface area contributed by atoms with Gasteiger partial charge in [-0.1, -0.05) is 42.5 Å². The number of likely N-dealkylation sites (N-methyl/N-ethyl adjacent to an activating group) is 2. The predicted molar refractivity (Wildman–Crippen MR) is 99.2 cm³/mol. The molecular weight excluding hydrogens is 348 g/mol. The third kappa shape index (κ3) is 6.14. The largest absolute Gasteiger partial charge is 0.488 e. The Labute approximate surface area is 157 Å². The van der Waals surface area contributed by atoms with Crippen LogP contribution in [0.25, 0.3) is 0 Å². The number of nitrogens with zero attached hydrogens (tertiary/aromatic N) is 1. The number of para-hydroxylation sites is 1. The quantitative estimate of drug-likeness (QED) is 0.714. The smallest absolute Gasteiger partial charge is 0.342 e. The number of hydrogen-bond donors (Lipinski definition) is 1. The highest BCUT2D eigenvalue weighted by atomic mass is 16.5. The number of carbonyl (C=O) groups excluding carboxylic acids is 3. The molecule has 0 fully saturated rings. The van der Waals surface area contributed by atoms with Crippen molar-refractivity contribution >= 4 is 17.8 Å². The fourth-order valence-corrected chi connectivity index (χ4v) is 2.19. The zero-order valence-electron chi connectivity index (χ0n) is 15.3. The van der Waals surface area contributed by atoms with Crippen LogP contribution in [-0.2, 0) is 20.9 Å². The molecule has 0 aliphatic rings. The molecule has 27 heavy (non-hydrogen) atoms. The van der Waals surface area contributed by atoms with Crippen molar-refractivity contribution < 1.29 is 23.9 Å². The predicted octanol–water partition coefficient (Wildman–Crippen LogP) is 1.63. The zero-order chi connectivity index (χ0) is 19.6. The molecular formula is C20H22N2O5. The van der Waals surface area contributed by atoms with E-state index in [1.165, 1.54) is 19.0 Å². The molecule has 0 radical (unpaired) electrons. The molecule has 0 bridgehead atoms. The Balaban J connectivity index is 1.94. The number of rotatable bonds is 8. The van der Waals surface area contributed by atoms with Crippen molar-refractivity contribution in [3.63, 3.8) is 0 Å². The molecule has 0 aromatic heterocycles. The molecule has 2 rings (SSSR count). The monoisotopic (exact) mass is 370 g/mol. The van der Waals surface area contributed by atoms with E-state index in [0.29, 0.717) is 12.4 Å². The van der Waals surface area contributed by atoms with Gasteiger partial charge in [-0.05, 0) is 17.7 Å². The van der Waals surface area contributed by atoms with Crippen LogP contribution in [0.2, 0.25) is 0 Å². The molecule has 2 aromatic carbocycles. The first-order chi connectivity index (χ1) is 13.0. The van der Waals surface area contributed by atoms with Gasteiger partial charge in [-0.2, -0.15) is 0 Å². The van der Waals surface area contributed by atoms with Gasteiger partial charge in [0, 0.05) is 14.1 Å². The second kappa shape index (κ2) is 9.96. The van der Waals surface area contributed by atoms with Crippen LogP contribution in [-0.4, -0.2) is 49.9 Å². The van der Waals surface area contributed by atoms with Crippen molar-refractivity contribution in [2.45, 2.75) is 6.61 Å². The fraction of sp³-hybridized carbons (Fsp3) is 0.250. The van der Waals surface area contributed by atoms with Crippen LogP contribution < -0.4 is 10.1 Å². The summed E-state index contributed by atoms with van der Waals surface area (Å²) in [6.45, 7) is -0.262. The number of hydrogen-bond acceptors (Lipinski definition) is 5. The Hall–Kier alpha value is -3.35. The van der Waals surface area contributed by atoms with E-state index in [9.17, 15) is 14.4 Å². The van der Waals surface area contributed by atoms with E-state index in [1.54, 1.807) is 24.3 Å². The van der Waals surface area contributed by atoms with Gasteiger partial charge in [-0.25, -0.2) is 4.79 Å². The molecule has 0 saturated heterocycles. The van der Waals surface area contributed by atoms with Crippen LogP contribution in [0.4, 0.5) is 0 Å². The number of amides is 2. The van der Waals surface area contributed by atoms with Crippen LogP contribution in [0.3, 0.4) is 0 Å². The molecule has 0 atom stereocenters. The molecule has 2 aromatic rings. The molecule has 0 saturated carbocycles. The highest BCUT2D eigenvalue weighted by molar-refractivity contribution is 5.94. The van der Waals surface area contributed by atoms with Gasteiger partial charge in [0.2, 0.25) is 5.91 Å². The van der Waals surface area contributed by atoms with Gasteiger partial charge in [-0.15, -0.1) is 0 Å². The van der Waals surface area contributed by atoms with E-state index in [0.717, 1.165) is 5.56 Å². The highest BCUT2D eigenvalue weighted by Gasteiger charge is 2.18. The maximum Gasteiger partial charge on any atom is 0.342 e. The Morgan fingerprint density at radius 3 is 2.37 bits per heavy atom. The number of ether oxygens (including phenoxy) is 2. The van der Waals surface area contributed by atoms with Gasteiger partial charge in [0.25, 0.3) is 5.91 Å². The van der Waals surface area contributed by atoms with Gasteiger partial charge in [0.05, 0.1) is 6.54 Å². The van der Waals surface area contributed by atoms with Gasteiger partial charge in [0.15, 0.2) is 6.61 Å². The van der Waals surface area contributed by atoms with Crippen LogP contribution in [0.15, 0.2) is 54.6 Å². The van der Waals surface area contributed by atoms with E-state index in [-0.39, 0.29) is 18.0 Å². The SMILES string of the molecule is CNC(=O)CN(C)C(=O)COC(=O)c1ccccc1OCc1ccccc1. The van der Waals surface area contributed by atoms with Crippen molar-refractivity contribution in [2.24, 2.45) is 0 Å². The summed E-state index contributed by atoms with van der Waals surface area (Å²) in [5, 5.41) is 2.42. The van der Waals surface area contributed by atoms with Gasteiger partial charge in [-0.3, -0.25) is 9.59 Å². The second-order valence-corrected chi connectivity index (χ2v) is 5.77. The molecule has 7 heteroatoms. The third-order valence-electron chi connectivity index (χ3n) is 3.76. The maximum atomic E-state index is 12.3. The topological polar surface area (TPSA) is 84.9 Å². The average Bonchev–Trinajstić information content (AvgIpc) is 2.70. The summed E-state index contributed by atoms with van der Waals surface area (Å²) in [6, 6.07) is 16.2. The van der Waals surface area contributed by atoms with Crippen molar-refractivity contribution in [3.05, 3.63) is 65.7 Å². The van der Waals surface area contributed by atoms with E-state index in [1.807, 2.05) is 30.3 Å². The van der Waals surface area contributed by atoms with E-state index >= 15 is 0 Å². The van der Waals surface area contributed by atoms with Gasteiger partial charge in [0.1, 0.15) is 17.9 Å². The number of esters is 1. The van der Waals surface area contributed by atoms with Crippen LogP contribution in [0, 0.1) is 0 Å².